The van der Waals surface area contributed by atoms with Crippen molar-refractivity contribution < 1.29 is 9.59 Å². The van der Waals surface area contributed by atoms with Crippen LogP contribution in [0.3, 0.4) is 0 Å². The van der Waals surface area contributed by atoms with E-state index in [9.17, 15) is 9.59 Å². The number of anilines is 1. The summed E-state index contributed by atoms with van der Waals surface area (Å²) in [7, 11) is 1.78. The number of nitrogens with zero attached hydrogens (tertiary/aromatic N) is 3. The molecule has 1 unspecified atom stereocenters. The molecule has 0 saturated carbocycles. The number of hydrogen-bond acceptors (Lipinski definition) is 3. The molecule has 0 fully saturated rings. The van der Waals surface area contributed by atoms with Gasteiger partial charge in [0.2, 0.25) is 11.7 Å². The van der Waals surface area contributed by atoms with Gasteiger partial charge in [-0.3, -0.25) is 9.59 Å². The second kappa shape index (κ2) is 8.03. The SMILES string of the molecule is CC(C)CC(C(=O)Nc1ccc(C(=O)c2nccn2C)cc1)n1cccc1. The third-order valence-corrected chi connectivity index (χ3v) is 4.42. The molecule has 0 aliphatic rings. The van der Waals surface area contributed by atoms with Crippen molar-refractivity contribution in [1.29, 1.82) is 0 Å². The van der Waals surface area contributed by atoms with Crippen LogP contribution in [0.4, 0.5) is 5.69 Å². The summed E-state index contributed by atoms with van der Waals surface area (Å²) in [6.45, 7) is 4.20. The van der Waals surface area contributed by atoms with Gasteiger partial charge in [0.05, 0.1) is 0 Å². The first-order valence-corrected chi connectivity index (χ1v) is 9.01. The lowest BCUT2D eigenvalue weighted by atomic mass is 10.0. The molecule has 1 atom stereocenters. The second-order valence-electron chi connectivity index (χ2n) is 7.03. The Morgan fingerprint density at radius 3 is 2.30 bits per heavy atom. The maximum Gasteiger partial charge on any atom is 0.247 e. The minimum Gasteiger partial charge on any atom is -0.342 e. The van der Waals surface area contributed by atoms with Crippen molar-refractivity contribution in [2.75, 3.05) is 5.32 Å². The second-order valence-corrected chi connectivity index (χ2v) is 7.03. The van der Waals surface area contributed by atoms with Gasteiger partial charge in [0.15, 0.2) is 5.82 Å². The van der Waals surface area contributed by atoms with Gasteiger partial charge in [0.1, 0.15) is 6.04 Å². The number of imidazole rings is 1. The first-order valence-electron chi connectivity index (χ1n) is 9.01. The van der Waals surface area contributed by atoms with E-state index in [2.05, 4.69) is 24.1 Å². The summed E-state index contributed by atoms with van der Waals surface area (Å²) >= 11 is 0. The number of carbonyl (C=O) groups is 2. The van der Waals surface area contributed by atoms with Crippen molar-refractivity contribution >= 4 is 17.4 Å². The molecule has 27 heavy (non-hydrogen) atoms. The van der Waals surface area contributed by atoms with Gasteiger partial charge in [-0.2, -0.15) is 0 Å². The standard InChI is InChI=1S/C21H24N4O2/c1-15(2)14-18(25-11-4-5-12-25)21(27)23-17-8-6-16(7-9-17)19(26)20-22-10-13-24(20)3/h4-13,15,18H,14H2,1-3H3,(H,23,27). The maximum absolute atomic E-state index is 12.8. The van der Waals surface area contributed by atoms with Crippen molar-refractivity contribution in [1.82, 2.24) is 14.1 Å². The summed E-state index contributed by atoms with van der Waals surface area (Å²) in [5.74, 6) is 0.561. The normalized spacial score (nSPS) is 12.1. The lowest BCUT2D eigenvalue weighted by molar-refractivity contribution is -0.119. The van der Waals surface area contributed by atoms with Gasteiger partial charge in [-0.15, -0.1) is 0 Å². The Balaban J connectivity index is 1.72. The summed E-state index contributed by atoms with van der Waals surface area (Å²) in [4.78, 5) is 29.3. The summed E-state index contributed by atoms with van der Waals surface area (Å²) < 4.78 is 3.61. The molecule has 1 aromatic carbocycles. The summed E-state index contributed by atoms with van der Waals surface area (Å²) in [5, 5.41) is 2.96. The Hall–Kier alpha value is -3.15. The number of carbonyl (C=O) groups excluding carboxylic acids is 2. The first-order chi connectivity index (χ1) is 13.0. The molecule has 0 aliphatic heterocycles. The molecule has 0 aliphatic carbocycles. The topological polar surface area (TPSA) is 68.9 Å². The van der Waals surface area contributed by atoms with Gasteiger partial charge < -0.3 is 14.5 Å². The fourth-order valence-corrected chi connectivity index (χ4v) is 3.01. The quantitative estimate of drug-likeness (QED) is 0.650. The van der Waals surface area contributed by atoms with E-state index in [0.29, 0.717) is 23.0 Å². The third kappa shape index (κ3) is 4.34. The molecule has 0 saturated heterocycles. The van der Waals surface area contributed by atoms with Crippen LogP contribution in [0.5, 0.6) is 0 Å². The van der Waals surface area contributed by atoms with Gasteiger partial charge in [-0.1, -0.05) is 13.8 Å². The Kier molecular flexibility index (Phi) is 5.54. The molecule has 6 heteroatoms. The molecule has 1 amide bonds. The zero-order chi connectivity index (χ0) is 19.4. The van der Waals surface area contributed by atoms with Gasteiger partial charge in [0.25, 0.3) is 0 Å². The van der Waals surface area contributed by atoms with E-state index in [-0.39, 0.29) is 17.7 Å². The van der Waals surface area contributed by atoms with Crippen molar-refractivity contribution in [3.05, 3.63) is 72.6 Å². The van der Waals surface area contributed by atoms with Crippen LogP contribution in [0.15, 0.2) is 61.2 Å². The Morgan fingerprint density at radius 2 is 1.74 bits per heavy atom. The summed E-state index contributed by atoms with van der Waals surface area (Å²) in [6, 6.07) is 10.5. The van der Waals surface area contributed by atoms with Crippen LogP contribution in [0.2, 0.25) is 0 Å². The number of aryl methyl sites for hydroxylation is 1. The fraction of sp³-hybridized carbons (Fsp3) is 0.286. The van der Waals surface area contributed by atoms with Gasteiger partial charge in [-0.05, 0) is 48.7 Å². The number of ketones is 1. The highest BCUT2D eigenvalue weighted by Crippen LogP contribution is 2.21. The number of nitrogens with one attached hydrogen (secondary N) is 1. The molecule has 0 bridgehead atoms. The zero-order valence-corrected chi connectivity index (χ0v) is 15.8. The Morgan fingerprint density at radius 1 is 1.07 bits per heavy atom. The largest absolute Gasteiger partial charge is 0.342 e. The highest BCUT2D eigenvalue weighted by atomic mass is 16.2. The number of hydrogen-bond donors (Lipinski definition) is 1. The predicted octanol–water partition coefficient (Wildman–Crippen LogP) is 3.68. The molecule has 1 N–H and O–H groups in total. The van der Waals surface area contributed by atoms with E-state index >= 15 is 0 Å². The number of rotatable bonds is 7. The molecular formula is C21H24N4O2. The molecule has 6 nitrogen and oxygen atoms in total. The number of aromatic nitrogens is 3. The summed E-state index contributed by atoms with van der Waals surface area (Å²) in [5.41, 5.74) is 1.20. The van der Waals surface area contributed by atoms with Crippen molar-refractivity contribution in [2.24, 2.45) is 13.0 Å². The molecule has 2 aromatic heterocycles. The molecule has 3 rings (SSSR count). The van der Waals surface area contributed by atoms with Gasteiger partial charge >= 0.3 is 0 Å². The maximum atomic E-state index is 12.8. The predicted molar refractivity (Wildman–Crippen MR) is 105 cm³/mol. The van der Waals surface area contributed by atoms with Crippen LogP contribution < -0.4 is 5.32 Å². The fourth-order valence-electron chi connectivity index (χ4n) is 3.01. The Labute approximate surface area is 158 Å². The molecular weight excluding hydrogens is 340 g/mol. The highest BCUT2D eigenvalue weighted by Gasteiger charge is 2.21. The van der Waals surface area contributed by atoms with Gasteiger partial charge in [-0.25, -0.2) is 4.98 Å². The van der Waals surface area contributed by atoms with E-state index in [4.69, 9.17) is 0 Å². The minimum atomic E-state index is -0.270. The van der Waals surface area contributed by atoms with Gasteiger partial charge in [0, 0.05) is 43.1 Å². The molecule has 140 valence electrons. The molecule has 2 heterocycles. The van der Waals surface area contributed by atoms with Crippen LogP contribution in [0, 0.1) is 5.92 Å². The lowest BCUT2D eigenvalue weighted by Gasteiger charge is -2.20. The van der Waals surface area contributed by atoms with E-state index in [1.807, 2.05) is 29.1 Å². The molecule has 0 radical (unpaired) electrons. The van der Waals surface area contributed by atoms with E-state index in [1.165, 1.54) is 0 Å². The smallest absolute Gasteiger partial charge is 0.247 e. The zero-order valence-electron chi connectivity index (χ0n) is 15.8. The van der Waals surface area contributed by atoms with E-state index in [1.54, 1.807) is 48.3 Å². The van der Waals surface area contributed by atoms with Crippen LogP contribution in [0.1, 0.15) is 42.5 Å². The monoisotopic (exact) mass is 364 g/mol. The molecule has 0 spiro atoms. The van der Waals surface area contributed by atoms with Crippen LogP contribution in [-0.2, 0) is 11.8 Å². The number of benzene rings is 1. The summed E-state index contributed by atoms with van der Waals surface area (Å²) in [6.07, 6.45) is 7.88. The van der Waals surface area contributed by atoms with Crippen LogP contribution >= 0.6 is 0 Å². The van der Waals surface area contributed by atoms with E-state index < -0.39 is 0 Å². The lowest BCUT2D eigenvalue weighted by Crippen LogP contribution is -2.26. The Bertz CT molecular complexity index is 908. The average molecular weight is 364 g/mol. The number of amides is 1. The van der Waals surface area contributed by atoms with Crippen LogP contribution in [-0.4, -0.2) is 25.8 Å². The van der Waals surface area contributed by atoms with E-state index in [0.717, 1.165) is 6.42 Å². The van der Waals surface area contributed by atoms with Crippen molar-refractivity contribution in [3.8, 4) is 0 Å². The average Bonchev–Trinajstić information content (AvgIpc) is 3.31. The third-order valence-electron chi connectivity index (χ3n) is 4.42. The molecule has 3 aromatic rings. The minimum absolute atomic E-state index is 0.0666. The highest BCUT2D eigenvalue weighted by molar-refractivity contribution is 6.07. The van der Waals surface area contributed by atoms with Crippen LogP contribution in [0.25, 0.3) is 0 Å². The first kappa shape index (κ1) is 18.6. The van der Waals surface area contributed by atoms with Crippen molar-refractivity contribution in [3.63, 3.8) is 0 Å². The van der Waals surface area contributed by atoms with Crippen molar-refractivity contribution in [2.45, 2.75) is 26.3 Å².